The molecule has 1 aliphatic heterocycles. The first-order chi connectivity index (χ1) is 16.0. The van der Waals surface area contributed by atoms with Gasteiger partial charge in [0.15, 0.2) is 5.16 Å². The molecule has 0 saturated carbocycles. The molecule has 7 nitrogen and oxygen atoms in total. The quantitative estimate of drug-likeness (QED) is 0.364. The Bertz CT molecular complexity index is 1200. The van der Waals surface area contributed by atoms with Crippen molar-refractivity contribution in [3.05, 3.63) is 50.6 Å². The second-order valence-corrected chi connectivity index (χ2v) is 10.1. The van der Waals surface area contributed by atoms with Crippen LogP contribution in [0.15, 0.2) is 34.2 Å². The number of methoxy groups -OCH3 is 1. The third-order valence-corrected chi connectivity index (χ3v) is 7.86. The van der Waals surface area contributed by atoms with Crippen LogP contribution in [0.4, 0.5) is 0 Å². The van der Waals surface area contributed by atoms with Gasteiger partial charge in [-0.3, -0.25) is 14.2 Å². The molecule has 1 aliphatic rings. The van der Waals surface area contributed by atoms with Gasteiger partial charge in [-0.2, -0.15) is 0 Å². The summed E-state index contributed by atoms with van der Waals surface area (Å²) in [6, 6.07) is 7.60. The number of rotatable bonds is 9. The van der Waals surface area contributed by atoms with Crippen molar-refractivity contribution in [2.24, 2.45) is 0 Å². The molecule has 1 amide bonds. The fourth-order valence-electron chi connectivity index (χ4n) is 4.14. The summed E-state index contributed by atoms with van der Waals surface area (Å²) in [5, 5.41) is 4.21. The first-order valence-electron chi connectivity index (χ1n) is 11.2. The average molecular weight is 488 g/mol. The molecule has 0 radical (unpaired) electrons. The van der Waals surface area contributed by atoms with Crippen molar-refractivity contribution in [1.29, 1.82) is 0 Å². The van der Waals surface area contributed by atoms with Gasteiger partial charge in [0, 0.05) is 23.6 Å². The standard InChI is InChI=1S/C24H29N3O4S2/c1-4-18-15(2)33-22-21(18)23(29)27(13-17-9-7-11-31-17)24(26-22)32-14-20(28)25-12-16-8-5-6-10-19(16)30-3/h5-6,8,10,17H,4,7,9,11-14H2,1-3H3,(H,25,28). The lowest BCUT2D eigenvalue weighted by molar-refractivity contribution is -0.118. The number of hydrogen-bond donors (Lipinski definition) is 1. The molecule has 0 bridgehead atoms. The lowest BCUT2D eigenvalue weighted by atomic mass is 10.1. The Morgan fingerprint density at radius 1 is 1.39 bits per heavy atom. The van der Waals surface area contributed by atoms with Gasteiger partial charge >= 0.3 is 0 Å². The zero-order chi connectivity index (χ0) is 23.4. The predicted octanol–water partition coefficient (Wildman–Crippen LogP) is 3.92. The van der Waals surface area contributed by atoms with Gasteiger partial charge in [-0.15, -0.1) is 11.3 Å². The van der Waals surface area contributed by atoms with Crippen molar-refractivity contribution in [2.45, 2.75) is 57.5 Å². The van der Waals surface area contributed by atoms with E-state index in [1.807, 2.05) is 31.2 Å². The fraction of sp³-hybridized carbons (Fsp3) is 0.458. The minimum atomic E-state index is -0.125. The van der Waals surface area contributed by atoms with E-state index in [2.05, 4.69) is 12.2 Å². The molecule has 176 valence electrons. The average Bonchev–Trinajstić information content (AvgIpc) is 3.45. The van der Waals surface area contributed by atoms with Crippen molar-refractivity contribution >= 4 is 39.2 Å². The molecule has 0 spiro atoms. The Labute approximate surface area is 201 Å². The molecule has 3 heterocycles. The second-order valence-electron chi connectivity index (χ2n) is 7.99. The number of thiophene rings is 1. The highest BCUT2D eigenvalue weighted by atomic mass is 32.2. The zero-order valence-electron chi connectivity index (χ0n) is 19.2. The molecule has 1 unspecified atom stereocenters. The third-order valence-electron chi connectivity index (χ3n) is 5.84. The third kappa shape index (κ3) is 5.26. The van der Waals surface area contributed by atoms with Crippen LogP contribution in [0.2, 0.25) is 0 Å². The molecule has 0 aliphatic carbocycles. The number of benzene rings is 1. The molecular weight excluding hydrogens is 458 g/mol. The van der Waals surface area contributed by atoms with Gasteiger partial charge in [0.1, 0.15) is 10.6 Å². The minimum absolute atomic E-state index is 0.00508. The zero-order valence-corrected chi connectivity index (χ0v) is 20.8. The van der Waals surface area contributed by atoms with Crippen LogP contribution in [0.3, 0.4) is 0 Å². The monoisotopic (exact) mass is 487 g/mol. The number of amides is 1. The number of carbonyl (C=O) groups is 1. The molecule has 1 atom stereocenters. The molecule has 2 aromatic heterocycles. The number of nitrogens with one attached hydrogen (secondary N) is 1. The van der Waals surface area contributed by atoms with Gasteiger partial charge < -0.3 is 14.8 Å². The number of thioether (sulfide) groups is 1. The highest BCUT2D eigenvalue weighted by Crippen LogP contribution is 2.30. The summed E-state index contributed by atoms with van der Waals surface area (Å²) in [6.45, 7) is 5.66. The van der Waals surface area contributed by atoms with Gasteiger partial charge in [-0.25, -0.2) is 4.98 Å². The minimum Gasteiger partial charge on any atom is -0.496 e. The molecule has 4 rings (SSSR count). The largest absolute Gasteiger partial charge is 0.496 e. The molecule has 1 aromatic carbocycles. The van der Waals surface area contributed by atoms with Crippen LogP contribution in [0.25, 0.3) is 10.2 Å². The van der Waals surface area contributed by atoms with Gasteiger partial charge in [-0.1, -0.05) is 36.9 Å². The van der Waals surface area contributed by atoms with E-state index in [9.17, 15) is 9.59 Å². The topological polar surface area (TPSA) is 82.4 Å². The molecule has 33 heavy (non-hydrogen) atoms. The number of hydrogen-bond acceptors (Lipinski definition) is 7. The number of fused-ring (bicyclic) bond motifs is 1. The smallest absolute Gasteiger partial charge is 0.263 e. The van der Waals surface area contributed by atoms with Gasteiger partial charge in [-0.05, 0) is 37.8 Å². The van der Waals surface area contributed by atoms with E-state index < -0.39 is 0 Å². The van der Waals surface area contributed by atoms with Crippen molar-refractivity contribution < 1.29 is 14.3 Å². The molecule has 1 N–H and O–H groups in total. The lowest BCUT2D eigenvalue weighted by Gasteiger charge is -2.16. The van der Waals surface area contributed by atoms with E-state index in [1.165, 1.54) is 11.8 Å². The summed E-state index contributed by atoms with van der Waals surface area (Å²) in [5.41, 5.74) is 1.95. The van der Waals surface area contributed by atoms with Crippen LogP contribution in [0.1, 0.15) is 35.8 Å². The summed E-state index contributed by atoms with van der Waals surface area (Å²) < 4.78 is 12.8. The van der Waals surface area contributed by atoms with Crippen molar-refractivity contribution in [3.63, 3.8) is 0 Å². The van der Waals surface area contributed by atoms with Crippen molar-refractivity contribution in [1.82, 2.24) is 14.9 Å². The summed E-state index contributed by atoms with van der Waals surface area (Å²) in [7, 11) is 1.61. The van der Waals surface area contributed by atoms with E-state index >= 15 is 0 Å². The molecule has 9 heteroatoms. The molecule has 1 fully saturated rings. The summed E-state index contributed by atoms with van der Waals surface area (Å²) in [4.78, 5) is 32.8. The summed E-state index contributed by atoms with van der Waals surface area (Å²) >= 11 is 2.84. The normalized spacial score (nSPS) is 15.8. The van der Waals surface area contributed by atoms with E-state index in [-0.39, 0.29) is 23.3 Å². The van der Waals surface area contributed by atoms with Gasteiger partial charge in [0.2, 0.25) is 5.91 Å². The summed E-state index contributed by atoms with van der Waals surface area (Å²) in [6.07, 6.45) is 2.73. The van der Waals surface area contributed by atoms with Crippen LogP contribution in [-0.2, 0) is 29.0 Å². The van der Waals surface area contributed by atoms with E-state index in [0.717, 1.165) is 52.5 Å². The van der Waals surface area contributed by atoms with Crippen LogP contribution in [-0.4, -0.2) is 41.0 Å². The number of carbonyl (C=O) groups excluding carboxylic acids is 1. The predicted molar refractivity (Wildman–Crippen MR) is 133 cm³/mol. The van der Waals surface area contributed by atoms with Crippen LogP contribution in [0.5, 0.6) is 5.75 Å². The molecule has 1 saturated heterocycles. The van der Waals surface area contributed by atoms with E-state index in [1.54, 1.807) is 23.0 Å². The molecular formula is C24H29N3O4S2. The molecule has 3 aromatic rings. The Balaban J connectivity index is 1.54. The van der Waals surface area contributed by atoms with Crippen LogP contribution >= 0.6 is 23.1 Å². The first kappa shape index (κ1) is 23.8. The highest BCUT2D eigenvalue weighted by Gasteiger charge is 2.23. The number of aryl methyl sites for hydroxylation is 2. The Hall–Kier alpha value is -2.36. The number of aromatic nitrogens is 2. The Morgan fingerprint density at radius 3 is 2.94 bits per heavy atom. The lowest BCUT2D eigenvalue weighted by Crippen LogP contribution is -2.30. The van der Waals surface area contributed by atoms with Gasteiger partial charge in [0.25, 0.3) is 5.56 Å². The van der Waals surface area contributed by atoms with Crippen molar-refractivity contribution in [3.8, 4) is 5.75 Å². The maximum Gasteiger partial charge on any atom is 0.263 e. The SMILES string of the molecule is CCc1c(C)sc2nc(SCC(=O)NCc3ccccc3OC)n(CC3CCCO3)c(=O)c12. The number of nitrogens with zero attached hydrogens (tertiary/aromatic N) is 2. The van der Waals surface area contributed by atoms with Crippen LogP contribution < -0.4 is 15.6 Å². The highest BCUT2D eigenvalue weighted by molar-refractivity contribution is 7.99. The summed E-state index contributed by atoms with van der Waals surface area (Å²) in [5.74, 6) is 0.784. The Kier molecular flexibility index (Phi) is 7.72. The first-order valence-corrected chi connectivity index (χ1v) is 13.0. The maximum absolute atomic E-state index is 13.5. The number of ether oxygens (including phenoxy) is 2. The van der Waals surface area contributed by atoms with E-state index in [0.29, 0.717) is 23.6 Å². The van der Waals surface area contributed by atoms with Crippen LogP contribution in [0, 0.1) is 6.92 Å². The maximum atomic E-state index is 13.5. The van der Waals surface area contributed by atoms with Crippen molar-refractivity contribution in [2.75, 3.05) is 19.5 Å². The van der Waals surface area contributed by atoms with Gasteiger partial charge in [0.05, 0.1) is 30.9 Å². The fourth-order valence-corrected chi connectivity index (χ4v) is 6.14. The Morgan fingerprint density at radius 2 is 2.21 bits per heavy atom. The second kappa shape index (κ2) is 10.7. The van der Waals surface area contributed by atoms with E-state index in [4.69, 9.17) is 14.5 Å². The number of para-hydroxylation sites is 1.